The fourth-order valence-electron chi connectivity index (χ4n) is 1.80. The van der Waals surface area contributed by atoms with E-state index in [4.69, 9.17) is 9.84 Å². The van der Waals surface area contributed by atoms with E-state index in [2.05, 4.69) is 0 Å². The monoisotopic (exact) mass is 316 g/mol. The molecule has 2 aromatic rings. The van der Waals surface area contributed by atoms with E-state index in [1.165, 1.54) is 30.3 Å². The van der Waals surface area contributed by atoms with Crippen molar-refractivity contribution in [2.75, 3.05) is 0 Å². The van der Waals surface area contributed by atoms with Crippen LogP contribution in [0.2, 0.25) is 0 Å². The fraction of sp³-hybridized carbons (Fsp3) is 0. The summed E-state index contributed by atoms with van der Waals surface area (Å²) in [6.07, 6.45) is 1.13. The average molecular weight is 316 g/mol. The predicted molar refractivity (Wildman–Crippen MR) is 79.4 cm³/mol. The maximum atomic E-state index is 11.3. The molecule has 2 rings (SSSR count). The molecule has 0 aliphatic carbocycles. The SMILES string of the molecule is O=C(O)/C(=C\c1cccc(O)c1)Oc1cccc(C(=O)O)c1O. The summed E-state index contributed by atoms with van der Waals surface area (Å²) < 4.78 is 5.11. The molecule has 7 heteroatoms. The van der Waals surface area contributed by atoms with Gasteiger partial charge in [0.2, 0.25) is 5.76 Å². The Morgan fingerprint density at radius 1 is 1.00 bits per heavy atom. The zero-order chi connectivity index (χ0) is 17.0. The minimum absolute atomic E-state index is 0.0563. The molecule has 0 aromatic heterocycles. The molecule has 7 nitrogen and oxygen atoms in total. The topological polar surface area (TPSA) is 124 Å². The number of hydrogen-bond donors (Lipinski definition) is 4. The summed E-state index contributed by atoms with van der Waals surface area (Å²) in [6.45, 7) is 0. The number of aromatic carboxylic acids is 1. The molecule has 2 aromatic carbocycles. The van der Waals surface area contributed by atoms with Gasteiger partial charge in [-0.3, -0.25) is 0 Å². The van der Waals surface area contributed by atoms with Crippen molar-refractivity contribution in [2.24, 2.45) is 0 Å². The van der Waals surface area contributed by atoms with Crippen LogP contribution < -0.4 is 4.74 Å². The Balaban J connectivity index is 2.40. The van der Waals surface area contributed by atoms with E-state index >= 15 is 0 Å². The quantitative estimate of drug-likeness (QED) is 0.492. The van der Waals surface area contributed by atoms with E-state index in [1.54, 1.807) is 6.07 Å². The third kappa shape index (κ3) is 3.79. The Hall–Kier alpha value is -3.48. The third-order valence-corrected chi connectivity index (χ3v) is 2.83. The number of para-hydroxylation sites is 1. The summed E-state index contributed by atoms with van der Waals surface area (Å²) in [5, 5.41) is 37.3. The summed E-state index contributed by atoms with van der Waals surface area (Å²) in [6, 6.07) is 9.50. The number of benzene rings is 2. The lowest BCUT2D eigenvalue weighted by atomic mass is 10.2. The second kappa shape index (κ2) is 6.52. The number of aromatic hydroxyl groups is 2. The number of carboxylic acids is 2. The number of phenols is 2. The van der Waals surface area contributed by atoms with Crippen molar-refractivity contribution in [3.63, 3.8) is 0 Å². The molecular formula is C16H12O7. The van der Waals surface area contributed by atoms with E-state index in [-0.39, 0.29) is 11.5 Å². The van der Waals surface area contributed by atoms with Gasteiger partial charge in [-0.2, -0.15) is 0 Å². The van der Waals surface area contributed by atoms with Crippen LogP contribution in [0.4, 0.5) is 0 Å². The highest BCUT2D eigenvalue weighted by Gasteiger charge is 2.18. The summed E-state index contributed by atoms with van der Waals surface area (Å²) in [5.74, 6) is -4.38. The van der Waals surface area contributed by atoms with E-state index in [9.17, 15) is 24.9 Å². The average Bonchev–Trinajstić information content (AvgIpc) is 2.48. The van der Waals surface area contributed by atoms with Gasteiger partial charge in [-0.25, -0.2) is 9.59 Å². The number of carbonyl (C=O) groups is 2. The summed E-state index contributed by atoms with van der Waals surface area (Å²) in [5.41, 5.74) is -0.0547. The van der Waals surface area contributed by atoms with Crippen molar-refractivity contribution in [1.29, 1.82) is 0 Å². The van der Waals surface area contributed by atoms with Crippen LogP contribution >= 0.6 is 0 Å². The van der Waals surface area contributed by atoms with Crippen molar-refractivity contribution in [2.45, 2.75) is 0 Å². The minimum atomic E-state index is -1.42. The molecule has 0 heterocycles. The summed E-state index contributed by atoms with van der Waals surface area (Å²) >= 11 is 0. The molecule has 118 valence electrons. The number of rotatable bonds is 5. The van der Waals surface area contributed by atoms with Crippen LogP contribution in [0, 0.1) is 0 Å². The van der Waals surface area contributed by atoms with E-state index < -0.39 is 29.0 Å². The zero-order valence-electron chi connectivity index (χ0n) is 11.6. The van der Waals surface area contributed by atoms with Crippen molar-refractivity contribution >= 4 is 18.0 Å². The molecule has 0 unspecified atom stereocenters. The van der Waals surface area contributed by atoms with E-state index in [0.717, 1.165) is 12.1 Å². The largest absolute Gasteiger partial charge is 0.508 e. The van der Waals surface area contributed by atoms with Gasteiger partial charge in [0.1, 0.15) is 11.3 Å². The lowest BCUT2D eigenvalue weighted by Crippen LogP contribution is -2.08. The first kappa shape index (κ1) is 15.9. The number of hydrogen-bond acceptors (Lipinski definition) is 5. The molecule has 0 aliphatic heterocycles. The van der Waals surface area contributed by atoms with E-state index in [0.29, 0.717) is 5.56 Å². The molecule has 0 bridgehead atoms. The number of carboxylic acid groups (broad SMARTS) is 2. The van der Waals surface area contributed by atoms with Gasteiger partial charge in [-0.05, 0) is 35.9 Å². The predicted octanol–water partition coefficient (Wildman–Crippen LogP) is 2.30. The summed E-state index contributed by atoms with van der Waals surface area (Å²) in [4.78, 5) is 22.2. The first-order chi connectivity index (χ1) is 10.9. The Labute approximate surface area is 130 Å². The summed E-state index contributed by atoms with van der Waals surface area (Å²) in [7, 11) is 0. The van der Waals surface area contributed by atoms with Gasteiger partial charge >= 0.3 is 11.9 Å². The lowest BCUT2D eigenvalue weighted by molar-refractivity contribution is -0.134. The van der Waals surface area contributed by atoms with Gasteiger partial charge in [-0.15, -0.1) is 0 Å². The molecule has 0 atom stereocenters. The van der Waals surface area contributed by atoms with Gasteiger partial charge in [0, 0.05) is 0 Å². The Morgan fingerprint density at radius 3 is 2.30 bits per heavy atom. The van der Waals surface area contributed by atoms with Gasteiger partial charge in [0.05, 0.1) is 0 Å². The molecule has 0 fully saturated rings. The Morgan fingerprint density at radius 2 is 1.70 bits per heavy atom. The number of phenolic OH excluding ortho intramolecular Hbond substituents is 1. The van der Waals surface area contributed by atoms with Gasteiger partial charge in [0.15, 0.2) is 11.5 Å². The highest BCUT2D eigenvalue weighted by Crippen LogP contribution is 2.31. The lowest BCUT2D eigenvalue weighted by Gasteiger charge is -2.09. The maximum Gasteiger partial charge on any atom is 0.371 e. The number of aliphatic carboxylic acids is 1. The Kier molecular flexibility index (Phi) is 4.51. The molecule has 0 saturated carbocycles. The first-order valence-electron chi connectivity index (χ1n) is 6.35. The normalized spacial score (nSPS) is 11.0. The molecule has 0 saturated heterocycles. The van der Waals surface area contributed by atoms with Gasteiger partial charge < -0.3 is 25.2 Å². The van der Waals surface area contributed by atoms with Gasteiger partial charge in [-0.1, -0.05) is 18.2 Å². The highest BCUT2D eigenvalue weighted by molar-refractivity contribution is 5.93. The molecule has 23 heavy (non-hydrogen) atoms. The van der Waals surface area contributed by atoms with Gasteiger partial charge in [0.25, 0.3) is 0 Å². The first-order valence-corrected chi connectivity index (χ1v) is 6.35. The minimum Gasteiger partial charge on any atom is -0.508 e. The second-order valence-electron chi connectivity index (χ2n) is 4.47. The zero-order valence-corrected chi connectivity index (χ0v) is 11.6. The Bertz CT molecular complexity index is 793. The molecule has 0 spiro atoms. The molecular weight excluding hydrogens is 304 g/mol. The standard InChI is InChI=1S/C16H12O7/c17-10-4-1-3-9(7-10)8-13(16(21)22)23-12-6-2-5-11(14(12)18)15(19)20/h1-8,17-18H,(H,19,20)(H,21,22)/b13-8+. The molecule has 0 aliphatic rings. The highest BCUT2D eigenvalue weighted by atomic mass is 16.5. The second-order valence-corrected chi connectivity index (χ2v) is 4.47. The molecule has 4 N–H and O–H groups in total. The van der Waals surface area contributed by atoms with Crippen LogP contribution in [0.15, 0.2) is 48.2 Å². The third-order valence-electron chi connectivity index (χ3n) is 2.83. The van der Waals surface area contributed by atoms with Crippen LogP contribution in [-0.2, 0) is 4.79 Å². The van der Waals surface area contributed by atoms with Crippen LogP contribution in [0.1, 0.15) is 15.9 Å². The van der Waals surface area contributed by atoms with E-state index in [1.807, 2.05) is 0 Å². The van der Waals surface area contributed by atoms with Crippen LogP contribution in [-0.4, -0.2) is 32.4 Å². The van der Waals surface area contributed by atoms with Crippen molar-refractivity contribution in [1.82, 2.24) is 0 Å². The number of ether oxygens (including phenoxy) is 1. The van der Waals surface area contributed by atoms with Crippen molar-refractivity contribution < 1.29 is 34.8 Å². The van der Waals surface area contributed by atoms with Crippen molar-refractivity contribution in [3.05, 3.63) is 59.4 Å². The molecule has 0 amide bonds. The fourth-order valence-corrected chi connectivity index (χ4v) is 1.80. The van der Waals surface area contributed by atoms with Crippen LogP contribution in [0.3, 0.4) is 0 Å². The van der Waals surface area contributed by atoms with Crippen LogP contribution in [0.25, 0.3) is 6.08 Å². The maximum absolute atomic E-state index is 11.3. The smallest absolute Gasteiger partial charge is 0.371 e. The van der Waals surface area contributed by atoms with Crippen molar-refractivity contribution in [3.8, 4) is 17.2 Å². The van der Waals surface area contributed by atoms with Crippen LogP contribution in [0.5, 0.6) is 17.2 Å². The molecule has 0 radical (unpaired) electrons.